The highest BCUT2D eigenvalue weighted by Gasteiger charge is 1.79. The van der Waals surface area contributed by atoms with E-state index in [0.29, 0.717) is 0 Å². The second-order valence-corrected chi connectivity index (χ2v) is 2.06. The smallest absolute Gasteiger partial charge is 0.0500 e. The average Bonchev–Trinajstić information content (AvgIpc) is 1.81. The van der Waals surface area contributed by atoms with E-state index < -0.39 is 0 Å². The van der Waals surface area contributed by atoms with Gasteiger partial charge in [-0.3, -0.25) is 0 Å². The normalized spacial score (nSPS) is 9.12. The van der Waals surface area contributed by atoms with Gasteiger partial charge in [0.1, 0.15) is 0 Å². The molecule has 0 aromatic heterocycles. The van der Waals surface area contributed by atoms with Gasteiger partial charge in [-0.05, 0) is 12.6 Å². The Balaban J connectivity index is 2.62. The topological polar surface area (TPSA) is 9.23 Å². The SMILES string of the molecule is C=CCCOCCP. The molecule has 0 bridgehead atoms. The second-order valence-electron chi connectivity index (χ2n) is 1.48. The highest BCUT2D eigenvalue weighted by atomic mass is 31.0. The predicted molar refractivity (Wildman–Crippen MR) is 40.2 cm³/mol. The molecular weight excluding hydrogens is 119 g/mol. The molecule has 0 radical (unpaired) electrons. The van der Waals surface area contributed by atoms with Crippen LogP contribution in [-0.2, 0) is 4.74 Å². The van der Waals surface area contributed by atoms with Crippen LogP contribution in [0.5, 0.6) is 0 Å². The molecule has 0 aromatic carbocycles. The van der Waals surface area contributed by atoms with Crippen molar-refractivity contribution in [1.29, 1.82) is 0 Å². The first-order valence-electron chi connectivity index (χ1n) is 2.80. The molecule has 0 saturated carbocycles. The van der Waals surface area contributed by atoms with Crippen LogP contribution in [0.4, 0.5) is 0 Å². The summed E-state index contributed by atoms with van der Waals surface area (Å²) in [4.78, 5) is 0. The molecule has 0 aliphatic heterocycles. The predicted octanol–water partition coefficient (Wildman–Crippen LogP) is 1.45. The Bertz CT molecular complexity index is 54.5. The zero-order valence-corrected chi connectivity index (χ0v) is 6.25. The first-order chi connectivity index (χ1) is 3.91. The number of rotatable bonds is 5. The van der Waals surface area contributed by atoms with Crippen molar-refractivity contribution in [2.24, 2.45) is 0 Å². The van der Waals surface area contributed by atoms with Gasteiger partial charge in [0.15, 0.2) is 0 Å². The Labute approximate surface area is 53.3 Å². The van der Waals surface area contributed by atoms with Crippen molar-refractivity contribution in [3.63, 3.8) is 0 Å². The zero-order chi connectivity index (χ0) is 6.24. The molecule has 0 rings (SSSR count). The highest BCUT2D eigenvalue weighted by Crippen LogP contribution is 1.85. The molecule has 0 saturated heterocycles. The molecule has 48 valence electrons. The Morgan fingerprint density at radius 1 is 1.50 bits per heavy atom. The van der Waals surface area contributed by atoms with Crippen molar-refractivity contribution in [3.8, 4) is 0 Å². The highest BCUT2D eigenvalue weighted by molar-refractivity contribution is 7.16. The van der Waals surface area contributed by atoms with Crippen LogP contribution in [0.2, 0.25) is 0 Å². The van der Waals surface area contributed by atoms with Gasteiger partial charge in [-0.25, -0.2) is 0 Å². The van der Waals surface area contributed by atoms with Gasteiger partial charge >= 0.3 is 0 Å². The molecule has 2 heteroatoms. The summed E-state index contributed by atoms with van der Waals surface area (Å²) in [7, 11) is 2.61. The fourth-order valence-electron chi connectivity index (χ4n) is 0.352. The van der Waals surface area contributed by atoms with Crippen LogP contribution < -0.4 is 0 Å². The average molecular weight is 132 g/mol. The van der Waals surface area contributed by atoms with Crippen molar-refractivity contribution in [3.05, 3.63) is 12.7 Å². The number of hydrogen-bond donors (Lipinski definition) is 0. The van der Waals surface area contributed by atoms with Crippen LogP contribution >= 0.6 is 9.24 Å². The van der Waals surface area contributed by atoms with E-state index in [0.717, 1.165) is 25.8 Å². The summed E-state index contributed by atoms with van der Waals surface area (Å²) in [6.45, 7) is 5.24. The van der Waals surface area contributed by atoms with Gasteiger partial charge in [-0.1, -0.05) is 6.08 Å². The molecule has 1 atom stereocenters. The molecule has 0 fully saturated rings. The van der Waals surface area contributed by atoms with Gasteiger partial charge in [0.2, 0.25) is 0 Å². The van der Waals surface area contributed by atoms with E-state index >= 15 is 0 Å². The number of hydrogen-bond acceptors (Lipinski definition) is 1. The maximum absolute atomic E-state index is 5.13. The van der Waals surface area contributed by atoms with Crippen LogP contribution in [0.1, 0.15) is 6.42 Å². The lowest BCUT2D eigenvalue weighted by Crippen LogP contribution is -1.95. The van der Waals surface area contributed by atoms with Gasteiger partial charge in [0.05, 0.1) is 13.2 Å². The van der Waals surface area contributed by atoms with Gasteiger partial charge < -0.3 is 4.74 Å². The summed E-state index contributed by atoms with van der Waals surface area (Å²) >= 11 is 0. The molecule has 0 spiro atoms. The van der Waals surface area contributed by atoms with Gasteiger partial charge in [0, 0.05) is 0 Å². The maximum atomic E-state index is 5.13. The van der Waals surface area contributed by atoms with E-state index in [-0.39, 0.29) is 0 Å². The largest absolute Gasteiger partial charge is 0.381 e. The van der Waals surface area contributed by atoms with Crippen LogP contribution in [0.3, 0.4) is 0 Å². The molecule has 0 aromatic rings. The Kier molecular flexibility index (Phi) is 7.25. The van der Waals surface area contributed by atoms with E-state index in [9.17, 15) is 0 Å². The lowest BCUT2D eigenvalue weighted by Gasteiger charge is -1.96. The summed E-state index contributed by atoms with van der Waals surface area (Å²) in [5, 5.41) is 0. The third-order valence-corrected chi connectivity index (χ3v) is 0.964. The third-order valence-electron chi connectivity index (χ3n) is 0.729. The van der Waals surface area contributed by atoms with Crippen LogP contribution in [0, 0.1) is 0 Å². The van der Waals surface area contributed by atoms with Crippen LogP contribution in [-0.4, -0.2) is 19.4 Å². The van der Waals surface area contributed by atoms with Gasteiger partial charge in [-0.2, -0.15) is 0 Å². The van der Waals surface area contributed by atoms with E-state index in [2.05, 4.69) is 15.8 Å². The fraction of sp³-hybridized carbons (Fsp3) is 0.667. The van der Waals surface area contributed by atoms with Crippen LogP contribution in [0.25, 0.3) is 0 Å². The quantitative estimate of drug-likeness (QED) is 0.312. The molecule has 8 heavy (non-hydrogen) atoms. The molecule has 0 amide bonds. The minimum Gasteiger partial charge on any atom is -0.381 e. The van der Waals surface area contributed by atoms with Crippen molar-refractivity contribution in [1.82, 2.24) is 0 Å². The lowest BCUT2D eigenvalue weighted by atomic mass is 10.5. The summed E-state index contributed by atoms with van der Waals surface area (Å²) in [6, 6.07) is 0. The summed E-state index contributed by atoms with van der Waals surface area (Å²) in [5.41, 5.74) is 0. The Morgan fingerprint density at radius 2 is 2.25 bits per heavy atom. The Morgan fingerprint density at radius 3 is 2.75 bits per heavy atom. The molecule has 1 nitrogen and oxygen atoms in total. The molecule has 0 aliphatic carbocycles. The first kappa shape index (κ1) is 8.13. The minimum atomic E-state index is 0.817. The van der Waals surface area contributed by atoms with Crippen molar-refractivity contribution in [2.45, 2.75) is 6.42 Å². The molecule has 0 N–H and O–H groups in total. The van der Waals surface area contributed by atoms with Crippen molar-refractivity contribution in [2.75, 3.05) is 19.4 Å². The Hall–Kier alpha value is 0.130. The van der Waals surface area contributed by atoms with E-state index in [4.69, 9.17) is 4.74 Å². The molecular formula is C6H13OP. The van der Waals surface area contributed by atoms with E-state index in [1.54, 1.807) is 0 Å². The molecule has 0 heterocycles. The first-order valence-corrected chi connectivity index (χ1v) is 3.62. The lowest BCUT2D eigenvalue weighted by molar-refractivity contribution is 0.155. The molecule has 1 unspecified atom stereocenters. The second kappa shape index (κ2) is 7.13. The zero-order valence-electron chi connectivity index (χ0n) is 5.10. The van der Waals surface area contributed by atoms with Gasteiger partial charge in [0.25, 0.3) is 0 Å². The summed E-state index contributed by atoms with van der Waals surface area (Å²) < 4.78 is 5.13. The van der Waals surface area contributed by atoms with Crippen LogP contribution in [0.15, 0.2) is 12.7 Å². The van der Waals surface area contributed by atoms with Crippen molar-refractivity contribution >= 4 is 9.24 Å². The summed E-state index contributed by atoms with van der Waals surface area (Å²) in [5.74, 6) is 0. The third kappa shape index (κ3) is 6.13. The summed E-state index contributed by atoms with van der Waals surface area (Å²) in [6.07, 6.45) is 3.85. The van der Waals surface area contributed by atoms with Crippen molar-refractivity contribution < 1.29 is 4.74 Å². The fourth-order valence-corrected chi connectivity index (χ4v) is 0.519. The van der Waals surface area contributed by atoms with Gasteiger partial charge in [-0.15, -0.1) is 15.8 Å². The maximum Gasteiger partial charge on any atom is 0.0500 e. The van der Waals surface area contributed by atoms with E-state index in [1.807, 2.05) is 6.08 Å². The minimum absolute atomic E-state index is 0.817. The number of ether oxygens (including phenoxy) is 1. The molecule has 0 aliphatic rings. The van der Waals surface area contributed by atoms with E-state index in [1.165, 1.54) is 0 Å². The monoisotopic (exact) mass is 132 g/mol. The standard InChI is InChI=1S/C6H13OP/c1-2-3-4-7-5-6-8/h2H,1,3-6,8H2.